The minimum Gasteiger partial charge on any atom is -0.339 e. The molecule has 0 saturated carbocycles. The third-order valence-corrected chi connectivity index (χ3v) is 4.78. The van der Waals surface area contributed by atoms with Crippen molar-refractivity contribution >= 4 is 15.9 Å². The second kappa shape index (κ2) is 5.68. The third kappa shape index (κ3) is 3.11. The molecular formula is C10H17N5O3S. The summed E-state index contributed by atoms with van der Waals surface area (Å²) < 4.78 is 25.2. The summed E-state index contributed by atoms with van der Waals surface area (Å²) in [4.78, 5) is 13.7. The Hall–Kier alpha value is -1.45. The molecule has 2 rings (SSSR count). The fourth-order valence-corrected chi connectivity index (χ4v) is 2.88. The first-order valence-corrected chi connectivity index (χ1v) is 7.39. The Morgan fingerprint density at radius 3 is 2.74 bits per heavy atom. The lowest BCUT2D eigenvalue weighted by molar-refractivity contribution is -0.131. The maximum absolute atomic E-state index is 12.1. The van der Waals surface area contributed by atoms with Gasteiger partial charge in [-0.05, 0) is 0 Å². The van der Waals surface area contributed by atoms with Gasteiger partial charge in [0.05, 0.1) is 12.7 Å². The first-order valence-electron chi connectivity index (χ1n) is 5.95. The lowest BCUT2D eigenvalue weighted by atomic mass is 10.3. The van der Waals surface area contributed by atoms with Crippen LogP contribution in [-0.2, 0) is 14.8 Å². The van der Waals surface area contributed by atoms with Crippen molar-refractivity contribution < 1.29 is 13.2 Å². The topological polar surface area (TPSA) is 98.4 Å². The molecule has 0 aromatic carbocycles. The van der Waals surface area contributed by atoms with E-state index in [1.807, 2.05) is 0 Å². The number of sulfonamides is 1. The van der Waals surface area contributed by atoms with Gasteiger partial charge in [0.1, 0.15) is 4.90 Å². The normalized spacial score (nSPS) is 16.8. The Kier molecular flexibility index (Phi) is 4.17. The van der Waals surface area contributed by atoms with E-state index in [4.69, 9.17) is 0 Å². The average Bonchev–Trinajstić information content (AvgIpc) is 2.94. The Bertz CT molecular complexity index is 521. The van der Waals surface area contributed by atoms with Gasteiger partial charge < -0.3 is 10.2 Å². The Morgan fingerprint density at radius 1 is 1.47 bits per heavy atom. The largest absolute Gasteiger partial charge is 0.339 e. The fraction of sp³-hybridized carbons (Fsp3) is 0.600. The van der Waals surface area contributed by atoms with E-state index < -0.39 is 10.0 Å². The number of likely N-dealkylation sites (N-methyl/N-ethyl adjacent to an activating group) is 1. The van der Waals surface area contributed by atoms with Crippen molar-refractivity contribution in [1.82, 2.24) is 24.7 Å². The number of amides is 1. The molecule has 1 aromatic rings. The highest BCUT2D eigenvalue weighted by molar-refractivity contribution is 7.89. The van der Waals surface area contributed by atoms with Crippen LogP contribution in [-0.4, -0.2) is 73.5 Å². The maximum Gasteiger partial charge on any atom is 0.246 e. The molecule has 1 aliphatic rings. The zero-order valence-corrected chi connectivity index (χ0v) is 11.5. The van der Waals surface area contributed by atoms with E-state index in [1.54, 1.807) is 4.90 Å². The van der Waals surface area contributed by atoms with Crippen molar-refractivity contribution in [1.29, 1.82) is 0 Å². The molecule has 1 aliphatic heterocycles. The van der Waals surface area contributed by atoms with Gasteiger partial charge in [-0.3, -0.25) is 9.89 Å². The monoisotopic (exact) mass is 287 g/mol. The number of rotatable bonds is 4. The summed E-state index contributed by atoms with van der Waals surface area (Å²) in [5.41, 5.74) is 0. The quantitative estimate of drug-likeness (QED) is 0.699. The van der Waals surface area contributed by atoms with Gasteiger partial charge >= 0.3 is 0 Å². The van der Waals surface area contributed by atoms with Gasteiger partial charge in [-0.2, -0.15) is 9.40 Å². The van der Waals surface area contributed by atoms with Crippen LogP contribution in [0.3, 0.4) is 0 Å². The number of nitrogens with zero attached hydrogens (tertiary/aromatic N) is 3. The van der Waals surface area contributed by atoms with Crippen molar-refractivity contribution in [2.45, 2.75) is 4.90 Å². The van der Waals surface area contributed by atoms with Crippen LogP contribution in [0.15, 0.2) is 17.3 Å². The first kappa shape index (κ1) is 14.0. The summed E-state index contributed by atoms with van der Waals surface area (Å²) in [6.07, 6.45) is 2.52. The number of carbonyl (C=O) groups is 1. The minimum atomic E-state index is -3.65. The van der Waals surface area contributed by atoms with Crippen molar-refractivity contribution in [2.24, 2.45) is 0 Å². The van der Waals surface area contributed by atoms with Crippen LogP contribution >= 0.6 is 0 Å². The number of nitrogens with one attached hydrogen (secondary N) is 2. The lowest BCUT2D eigenvalue weighted by Crippen LogP contribution is -2.49. The van der Waals surface area contributed by atoms with Crippen molar-refractivity contribution in [3.8, 4) is 0 Å². The SMILES string of the molecule is CN(CC(=O)N1CCNCC1)S(=O)(=O)c1cn[nH]c1. The summed E-state index contributed by atoms with van der Waals surface area (Å²) in [5.74, 6) is -0.184. The van der Waals surface area contributed by atoms with Gasteiger partial charge in [-0.15, -0.1) is 0 Å². The van der Waals surface area contributed by atoms with Gasteiger partial charge in [0, 0.05) is 39.4 Å². The van der Waals surface area contributed by atoms with Crippen LogP contribution in [0.4, 0.5) is 0 Å². The van der Waals surface area contributed by atoms with E-state index >= 15 is 0 Å². The first-order chi connectivity index (χ1) is 9.01. The van der Waals surface area contributed by atoms with Gasteiger partial charge in [0.25, 0.3) is 0 Å². The molecule has 106 valence electrons. The number of carbonyl (C=O) groups excluding carboxylic acids is 1. The fourth-order valence-electron chi connectivity index (χ4n) is 1.85. The van der Waals surface area contributed by atoms with Gasteiger partial charge in [0.15, 0.2) is 0 Å². The molecule has 0 unspecified atom stereocenters. The van der Waals surface area contributed by atoms with E-state index in [1.165, 1.54) is 19.4 Å². The Labute approximate surface area is 111 Å². The molecule has 1 aromatic heterocycles. The number of aromatic nitrogens is 2. The van der Waals surface area contributed by atoms with Crippen LogP contribution in [0.1, 0.15) is 0 Å². The smallest absolute Gasteiger partial charge is 0.246 e. The number of piperazine rings is 1. The van der Waals surface area contributed by atoms with E-state index in [0.29, 0.717) is 13.1 Å². The predicted octanol–water partition coefficient (Wildman–Crippen LogP) is -1.54. The average molecular weight is 287 g/mol. The van der Waals surface area contributed by atoms with E-state index in [0.717, 1.165) is 17.4 Å². The second-order valence-electron chi connectivity index (χ2n) is 4.33. The third-order valence-electron chi connectivity index (χ3n) is 3.01. The highest BCUT2D eigenvalue weighted by Crippen LogP contribution is 2.11. The lowest BCUT2D eigenvalue weighted by Gasteiger charge is -2.28. The summed E-state index contributed by atoms with van der Waals surface area (Å²) in [6.45, 7) is 2.54. The molecule has 1 fully saturated rings. The van der Waals surface area contributed by atoms with Gasteiger partial charge in [0.2, 0.25) is 15.9 Å². The predicted molar refractivity (Wildman–Crippen MR) is 67.9 cm³/mol. The Morgan fingerprint density at radius 2 is 2.16 bits per heavy atom. The van der Waals surface area contributed by atoms with Crippen molar-refractivity contribution in [3.05, 3.63) is 12.4 Å². The maximum atomic E-state index is 12.1. The summed E-state index contributed by atoms with van der Waals surface area (Å²) >= 11 is 0. The zero-order chi connectivity index (χ0) is 13.9. The van der Waals surface area contributed by atoms with E-state index in [-0.39, 0.29) is 17.3 Å². The molecule has 0 spiro atoms. The molecule has 9 heteroatoms. The molecule has 2 heterocycles. The highest BCUT2D eigenvalue weighted by atomic mass is 32.2. The van der Waals surface area contributed by atoms with E-state index in [9.17, 15) is 13.2 Å². The summed E-state index contributed by atoms with van der Waals surface area (Å²) in [5, 5.41) is 9.19. The van der Waals surface area contributed by atoms with E-state index in [2.05, 4.69) is 15.5 Å². The Balaban J connectivity index is 2.00. The van der Waals surface area contributed by atoms with Crippen LogP contribution in [0.5, 0.6) is 0 Å². The second-order valence-corrected chi connectivity index (χ2v) is 6.37. The molecule has 0 atom stereocenters. The molecule has 0 radical (unpaired) electrons. The summed E-state index contributed by atoms with van der Waals surface area (Å²) in [7, 11) is -2.26. The number of H-pyrrole nitrogens is 1. The van der Waals surface area contributed by atoms with Crippen LogP contribution in [0, 0.1) is 0 Å². The number of hydrogen-bond acceptors (Lipinski definition) is 5. The minimum absolute atomic E-state index is 0.0584. The standard InChI is InChI=1S/C10H17N5O3S/c1-14(19(17,18)9-6-12-13-7-9)8-10(16)15-4-2-11-3-5-15/h6-7,11H,2-5,8H2,1H3,(H,12,13). The molecule has 2 N–H and O–H groups in total. The van der Waals surface area contributed by atoms with Gasteiger partial charge in [-0.25, -0.2) is 8.42 Å². The molecular weight excluding hydrogens is 270 g/mol. The molecule has 0 bridgehead atoms. The summed E-state index contributed by atoms with van der Waals surface area (Å²) in [6, 6.07) is 0. The number of aromatic amines is 1. The zero-order valence-electron chi connectivity index (χ0n) is 10.7. The van der Waals surface area contributed by atoms with Crippen molar-refractivity contribution in [2.75, 3.05) is 39.8 Å². The molecule has 19 heavy (non-hydrogen) atoms. The van der Waals surface area contributed by atoms with Crippen LogP contribution < -0.4 is 5.32 Å². The highest BCUT2D eigenvalue weighted by Gasteiger charge is 2.26. The van der Waals surface area contributed by atoms with Crippen LogP contribution in [0.25, 0.3) is 0 Å². The molecule has 1 amide bonds. The molecule has 1 saturated heterocycles. The van der Waals surface area contributed by atoms with Gasteiger partial charge in [-0.1, -0.05) is 0 Å². The molecule has 8 nitrogen and oxygen atoms in total. The number of hydrogen-bond donors (Lipinski definition) is 2. The van der Waals surface area contributed by atoms with Crippen LogP contribution in [0.2, 0.25) is 0 Å². The molecule has 0 aliphatic carbocycles. The van der Waals surface area contributed by atoms with Crippen molar-refractivity contribution in [3.63, 3.8) is 0 Å².